The molecule has 0 spiro atoms. The Morgan fingerprint density at radius 3 is 2.80 bits per heavy atom. The van der Waals surface area contributed by atoms with Crippen molar-refractivity contribution in [3.8, 4) is 5.75 Å². The normalized spacial score (nSPS) is 24.0. The maximum Gasteiger partial charge on any atom is 0.311 e. The molecule has 1 fully saturated rings. The molecule has 1 aromatic rings. The number of nitro benzene ring substituents is 1. The lowest BCUT2D eigenvalue weighted by atomic mass is 9.64. The molecule has 0 aromatic heterocycles. The SMILES string of the molecule is CCNC1CC(Oc2cc(Cl)ccc2[N+](=O)[O-])C1(C)C. The first kappa shape index (κ1) is 15.1. The van der Waals surface area contributed by atoms with E-state index in [4.69, 9.17) is 16.3 Å². The van der Waals surface area contributed by atoms with Crippen molar-refractivity contribution >= 4 is 17.3 Å². The van der Waals surface area contributed by atoms with Crippen molar-refractivity contribution in [2.45, 2.75) is 39.3 Å². The van der Waals surface area contributed by atoms with Crippen LogP contribution in [-0.4, -0.2) is 23.6 Å². The molecule has 1 aliphatic rings. The summed E-state index contributed by atoms with van der Waals surface area (Å²) < 4.78 is 5.85. The fourth-order valence-electron chi connectivity index (χ4n) is 2.56. The van der Waals surface area contributed by atoms with E-state index >= 15 is 0 Å². The fraction of sp³-hybridized carbons (Fsp3) is 0.571. The van der Waals surface area contributed by atoms with Gasteiger partial charge in [0.15, 0.2) is 5.75 Å². The number of rotatable bonds is 5. The van der Waals surface area contributed by atoms with Crippen molar-refractivity contribution in [3.05, 3.63) is 33.3 Å². The van der Waals surface area contributed by atoms with Gasteiger partial charge in [0.1, 0.15) is 6.10 Å². The zero-order chi connectivity index (χ0) is 14.9. The number of nitrogens with zero attached hydrogens (tertiary/aromatic N) is 1. The molecule has 2 atom stereocenters. The highest BCUT2D eigenvalue weighted by Crippen LogP contribution is 2.44. The van der Waals surface area contributed by atoms with Gasteiger partial charge < -0.3 is 10.1 Å². The minimum absolute atomic E-state index is 0.0444. The Kier molecular flexibility index (Phi) is 4.20. The number of nitrogens with one attached hydrogen (secondary N) is 1. The van der Waals surface area contributed by atoms with Gasteiger partial charge in [-0.05, 0) is 12.6 Å². The van der Waals surface area contributed by atoms with Gasteiger partial charge in [0.2, 0.25) is 0 Å². The number of ether oxygens (including phenoxy) is 1. The van der Waals surface area contributed by atoms with E-state index in [1.165, 1.54) is 18.2 Å². The molecule has 1 N–H and O–H groups in total. The lowest BCUT2D eigenvalue weighted by Gasteiger charge is -2.51. The summed E-state index contributed by atoms with van der Waals surface area (Å²) in [5.74, 6) is 0.246. The van der Waals surface area contributed by atoms with E-state index in [1.54, 1.807) is 0 Å². The Morgan fingerprint density at radius 2 is 2.25 bits per heavy atom. The van der Waals surface area contributed by atoms with Crippen LogP contribution < -0.4 is 10.1 Å². The topological polar surface area (TPSA) is 64.4 Å². The molecule has 0 aliphatic heterocycles. The smallest absolute Gasteiger partial charge is 0.311 e. The molecule has 6 heteroatoms. The highest BCUT2D eigenvalue weighted by molar-refractivity contribution is 6.30. The van der Waals surface area contributed by atoms with Gasteiger partial charge in [-0.25, -0.2) is 0 Å². The molecule has 0 bridgehead atoms. The van der Waals surface area contributed by atoms with Crippen LogP contribution in [0.4, 0.5) is 5.69 Å². The van der Waals surface area contributed by atoms with Gasteiger partial charge in [-0.3, -0.25) is 10.1 Å². The average molecular weight is 299 g/mol. The van der Waals surface area contributed by atoms with Crippen LogP contribution in [0.15, 0.2) is 18.2 Å². The molecule has 0 heterocycles. The van der Waals surface area contributed by atoms with Gasteiger partial charge in [0.25, 0.3) is 0 Å². The Hall–Kier alpha value is -1.33. The second-order valence-corrected chi connectivity index (χ2v) is 6.08. The van der Waals surface area contributed by atoms with Crippen molar-refractivity contribution in [2.24, 2.45) is 5.41 Å². The van der Waals surface area contributed by atoms with E-state index in [-0.39, 0.29) is 23.0 Å². The molecule has 2 unspecified atom stereocenters. The van der Waals surface area contributed by atoms with Crippen LogP contribution in [0.5, 0.6) is 5.75 Å². The minimum atomic E-state index is -0.445. The summed E-state index contributed by atoms with van der Waals surface area (Å²) in [4.78, 5) is 10.6. The molecule has 1 saturated carbocycles. The van der Waals surface area contributed by atoms with Crippen LogP contribution in [0.3, 0.4) is 0 Å². The van der Waals surface area contributed by atoms with Gasteiger partial charge in [0.05, 0.1) is 4.92 Å². The molecule has 2 rings (SSSR count). The molecule has 0 amide bonds. The van der Waals surface area contributed by atoms with E-state index in [1.807, 2.05) is 0 Å². The summed E-state index contributed by atoms with van der Waals surface area (Å²) >= 11 is 5.90. The molecule has 5 nitrogen and oxygen atoms in total. The zero-order valence-corrected chi connectivity index (χ0v) is 12.6. The second kappa shape index (κ2) is 5.58. The maximum absolute atomic E-state index is 11.0. The van der Waals surface area contributed by atoms with Gasteiger partial charge in [-0.15, -0.1) is 0 Å². The van der Waals surface area contributed by atoms with Gasteiger partial charge in [-0.1, -0.05) is 32.4 Å². The van der Waals surface area contributed by atoms with Crippen LogP contribution in [0.1, 0.15) is 27.2 Å². The van der Waals surface area contributed by atoms with Crippen LogP contribution in [0, 0.1) is 15.5 Å². The minimum Gasteiger partial charge on any atom is -0.483 e. The summed E-state index contributed by atoms with van der Waals surface area (Å²) in [6, 6.07) is 4.76. The van der Waals surface area contributed by atoms with Crippen LogP contribution in [-0.2, 0) is 0 Å². The predicted octanol–water partition coefficient (Wildman–Crippen LogP) is 3.40. The van der Waals surface area contributed by atoms with Crippen LogP contribution >= 0.6 is 11.6 Å². The lowest BCUT2D eigenvalue weighted by molar-refractivity contribution is -0.386. The molecule has 0 radical (unpaired) electrons. The first-order chi connectivity index (χ1) is 9.36. The van der Waals surface area contributed by atoms with E-state index < -0.39 is 4.92 Å². The van der Waals surface area contributed by atoms with Crippen molar-refractivity contribution < 1.29 is 9.66 Å². The predicted molar refractivity (Wildman–Crippen MR) is 78.4 cm³/mol. The lowest BCUT2D eigenvalue weighted by Crippen LogP contribution is -2.62. The third-order valence-electron chi connectivity index (χ3n) is 4.02. The highest BCUT2D eigenvalue weighted by Gasteiger charge is 2.50. The summed E-state index contributed by atoms with van der Waals surface area (Å²) in [7, 11) is 0. The van der Waals surface area contributed by atoms with Crippen molar-refractivity contribution in [1.29, 1.82) is 0 Å². The number of hydrogen-bond acceptors (Lipinski definition) is 4. The Bertz CT molecular complexity index is 519. The summed E-state index contributed by atoms with van der Waals surface area (Å²) in [6.45, 7) is 7.17. The Labute approximate surface area is 123 Å². The fourth-order valence-corrected chi connectivity index (χ4v) is 2.73. The molecule has 1 aliphatic carbocycles. The van der Waals surface area contributed by atoms with Crippen LogP contribution in [0.2, 0.25) is 5.02 Å². The third-order valence-corrected chi connectivity index (χ3v) is 4.25. The first-order valence-corrected chi connectivity index (χ1v) is 7.08. The Morgan fingerprint density at radius 1 is 1.55 bits per heavy atom. The molecule has 0 saturated heterocycles. The second-order valence-electron chi connectivity index (χ2n) is 5.64. The first-order valence-electron chi connectivity index (χ1n) is 6.70. The van der Waals surface area contributed by atoms with E-state index in [0.29, 0.717) is 11.1 Å². The van der Waals surface area contributed by atoms with Crippen molar-refractivity contribution in [3.63, 3.8) is 0 Å². The number of nitro groups is 1. The summed E-state index contributed by atoms with van der Waals surface area (Å²) in [5.41, 5.74) is -0.108. The zero-order valence-electron chi connectivity index (χ0n) is 11.9. The van der Waals surface area contributed by atoms with E-state index in [0.717, 1.165) is 13.0 Å². The average Bonchev–Trinajstić information content (AvgIpc) is 2.37. The van der Waals surface area contributed by atoms with Gasteiger partial charge in [-0.2, -0.15) is 0 Å². The molecule has 1 aromatic carbocycles. The van der Waals surface area contributed by atoms with Crippen molar-refractivity contribution in [1.82, 2.24) is 5.32 Å². The number of benzene rings is 1. The molecular formula is C14H19ClN2O3. The highest BCUT2D eigenvalue weighted by atomic mass is 35.5. The maximum atomic E-state index is 11.0. The molecule has 20 heavy (non-hydrogen) atoms. The molecule has 110 valence electrons. The van der Waals surface area contributed by atoms with Crippen molar-refractivity contribution in [2.75, 3.05) is 6.54 Å². The van der Waals surface area contributed by atoms with Crippen LogP contribution in [0.25, 0.3) is 0 Å². The third kappa shape index (κ3) is 2.74. The largest absolute Gasteiger partial charge is 0.483 e. The summed E-state index contributed by atoms with van der Waals surface area (Å²) in [5, 5.41) is 14.9. The number of halogens is 1. The molecular weight excluding hydrogens is 280 g/mol. The Balaban J connectivity index is 2.16. The standard InChI is InChI=1S/C14H19ClN2O3/c1-4-16-12-8-13(14(12,2)3)20-11-7-9(15)5-6-10(11)17(18)19/h5-7,12-13,16H,4,8H2,1-3H3. The van der Waals surface area contributed by atoms with E-state index in [9.17, 15) is 10.1 Å². The summed E-state index contributed by atoms with van der Waals surface area (Å²) in [6.07, 6.45) is 0.786. The monoisotopic (exact) mass is 298 g/mol. The number of hydrogen-bond donors (Lipinski definition) is 1. The quantitative estimate of drug-likeness (QED) is 0.668. The van der Waals surface area contributed by atoms with Gasteiger partial charge in [0, 0.05) is 35.0 Å². The van der Waals surface area contributed by atoms with E-state index in [2.05, 4.69) is 26.1 Å². The van der Waals surface area contributed by atoms with Gasteiger partial charge >= 0.3 is 5.69 Å².